The van der Waals surface area contributed by atoms with Gasteiger partial charge in [0.05, 0.1) is 6.61 Å². The summed E-state index contributed by atoms with van der Waals surface area (Å²) in [5, 5.41) is 11.7. The van der Waals surface area contributed by atoms with E-state index in [1.807, 2.05) is 0 Å². The zero-order valence-corrected chi connectivity index (χ0v) is 16.1. The highest BCUT2D eigenvalue weighted by Gasteiger charge is 2.36. The SMILES string of the molecule is CC(C)(C)[Si](C)(C)OCc1ccc2cc(CCCO)ccc2c1. The van der Waals surface area contributed by atoms with Crippen molar-refractivity contribution < 1.29 is 9.53 Å². The van der Waals surface area contributed by atoms with Crippen molar-refractivity contribution in [3.8, 4) is 0 Å². The Morgan fingerprint density at radius 2 is 1.52 bits per heavy atom. The molecule has 0 amide bonds. The largest absolute Gasteiger partial charge is 0.413 e. The Balaban J connectivity index is 2.12. The second kappa shape index (κ2) is 7.16. The Kier molecular flexibility index (Phi) is 5.66. The van der Waals surface area contributed by atoms with Crippen LogP contribution in [0.15, 0.2) is 36.4 Å². The third kappa shape index (κ3) is 4.66. The highest BCUT2D eigenvalue weighted by molar-refractivity contribution is 6.74. The second-order valence-corrected chi connectivity index (χ2v) is 12.7. The fourth-order valence-electron chi connectivity index (χ4n) is 2.35. The molecule has 3 heteroatoms. The molecular weight excluding hydrogens is 300 g/mol. The maximum Gasteiger partial charge on any atom is 0.192 e. The summed E-state index contributed by atoms with van der Waals surface area (Å²) in [7, 11) is -1.70. The molecule has 23 heavy (non-hydrogen) atoms. The summed E-state index contributed by atoms with van der Waals surface area (Å²) in [6.45, 7) is 12.3. The minimum atomic E-state index is -1.70. The predicted molar refractivity (Wildman–Crippen MR) is 101 cm³/mol. The number of aliphatic hydroxyl groups is 1. The molecule has 1 N–H and O–H groups in total. The van der Waals surface area contributed by atoms with E-state index < -0.39 is 8.32 Å². The lowest BCUT2D eigenvalue weighted by atomic mass is 10.0. The summed E-state index contributed by atoms with van der Waals surface area (Å²) in [6.07, 6.45) is 1.76. The molecule has 0 heterocycles. The predicted octanol–water partition coefficient (Wildman–Crippen LogP) is 5.29. The van der Waals surface area contributed by atoms with Crippen LogP contribution in [0.2, 0.25) is 18.1 Å². The average Bonchev–Trinajstić information content (AvgIpc) is 2.49. The van der Waals surface area contributed by atoms with E-state index in [0.29, 0.717) is 6.61 Å². The van der Waals surface area contributed by atoms with E-state index in [-0.39, 0.29) is 11.6 Å². The van der Waals surface area contributed by atoms with Crippen molar-refractivity contribution in [1.29, 1.82) is 0 Å². The van der Waals surface area contributed by atoms with Crippen LogP contribution < -0.4 is 0 Å². The van der Waals surface area contributed by atoms with Gasteiger partial charge in [-0.3, -0.25) is 0 Å². The van der Waals surface area contributed by atoms with Crippen molar-refractivity contribution in [3.05, 3.63) is 47.5 Å². The second-order valence-electron chi connectivity index (χ2n) is 7.89. The first-order valence-electron chi connectivity index (χ1n) is 8.49. The van der Waals surface area contributed by atoms with Crippen LogP contribution in [-0.2, 0) is 17.5 Å². The molecule has 0 saturated carbocycles. The van der Waals surface area contributed by atoms with Crippen LogP contribution in [0.1, 0.15) is 38.3 Å². The molecule has 2 rings (SSSR count). The van der Waals surface area contributed by atoms with Gasteiger partial charge in [-0.05, 0) is 58.9 Å². The quantitative estimate of drug-likeness (QED) is 0.730. The summed E-state index contributed by atoms with van der Waals surface area (Å²) in [5.41, 5.74) is 2.53. The summed E-state index contributed by atoms with van der Waals surface area (Å²) >= 11 is 0. The van der Waals surface area contributed by atoms with Gasteiger partial charge in [0.25, 0.3) is 0 Å². The molecule has 0 aromatic heterocycles. The molecule has 0 atom stereocenters. The molecule has 0 radical (unpaired) electrons. The number of rotatable bonds is 6. The lowest BCUT2D eigenvalue weighted by Gasteiger charge is -2.36. The number of fused-ring (bicyclic) bond motifs is 1. The molecule has 0 saturated heterocycles. The van der Waals surface area contributed by atoms with Gasteiger partial charge >= 0.3 is 0 Å². The molecule has 2 aromatic carbocycles. The zero-order valence-electron chi connectivity index (χ0n) is 15.1. The monoisotopic (exact) mass is 330 g/mol. The molecule has 0 aliphatic carbocycles. The molecule has 0 bridgehead atoms. The summed E-state index contributed by atoms with van der Waals surface area (Å²) in [4.78, 5) is 0. The molecule has 2 nitrogen and oxygen atoms in total. The topological polar surface area (TPSA) is 29.5 Å². The van der Waals surface area contributed by atoms with E-state index in [1.54, 1.807) is 0 Å². The fraction of sp³-hybridized carbons (Fsp3) is 0.500. The van der Waals surface area contributed by atoms with Gasteiger partial charge in [-0.2, -0.15) is 0 Å². The Morgan fingerprint density at radius 1 is 0.957 bits per heavy atom. The lowest BCUT2D eigenvalue weighted by Crippen LogP contribution is -2.40. The Bertz CT molecular complexity index is 656. The molecule has 0 spiro atoms. The number of benzene rings is 2. The smallest absolute Gasteiger partial charge is 0.192 e. The molecular formula is C20H30O2Si. The van der Waals surface area contributed by atoms with Gasteiger partial charge in [-0.1, -0.05) is 51.1 Å². The van der Waals surface area contributed by atoms with Crippen molar-refractivity contribution in [2.24, 2.45) is 0 Å². The van der Waals surface area contributed by atoms with Gasteiger partial charge in [0.1, 0.15) is 0 Å². The van der Waals surface area contributed by atoms with E-state index in [2.05, 4.69) is 70.3 Å². The van der Waals surface area contributed by atoms with Gasteiger partial charge < -0.3 is 9.53 Å². The Labute approximate surface area is 141 Å². The first-order chi connectivity index (χ1) is 10.7. The zero-order chi connectivity index (χ0) is 17.1. The van der Waals surface area contributed by atoms with Crippen LogP contribution in [0, 0.1) is 0 Å². The number of aliphatic hydroxyl groups excluding tert-OH is 1. The van der Waals surface area contributed by atoms with Crippen LogP contribution in [-0.4, -0.2) is 20.0 Å². The van der Waals surface area contributed by atoms with Crippen molar-refractivity contribution in [2.75, 3.05) is 6.61 Å². The minimum absolute atomic E-state index is 0.242. The van der Waals surface area contributed by atoms with Crippen molar-refractivity contribution in [3.63, 3.8) is 0 Å². The van der Waals surface area contributed by atoms with Crippen LogP contribution >= 0.6 is 0 Å². The molecule has 0 fully saturated rings. The van der Waals surface area contributed by atoms with Gasteiger partial charge in [0.15, 0.2) is 8.32 Å². The minimum Gasteiger partial charge on any atom is -0.413 e. The molecule has 0 aliphatic heterocycles. The van der Waals surface area contributed by atoms with E-state index >= 15 is 0 Å². The standard InChI is InChI=1S/C20H30O2Si/c1-20(2,3)23(4,5)22-15-17-9-11-18-13-16(7-6-12-21)8-10-19(18)14-17/h8-11,13-14,21H,6-7,12,15H2,1-5H3. The number of hydrogen-bond acceptors (Lipinski definition) is 2. The third-order valence-corrected chi connectivity index (χ3v) is 9.48. The van der Waals surface area contributed by atoms with Crippen molar-refractivity contribution in [2.45, 2.75) is 58.4 Å². The van der Waals surface area contributed by atoms with Crippen molar-refractivity contribution >= 4 is 19.1 Å². The molecule has 2 aromatic rings. The van der Waals surface area contributed by atoms with Gasteiger partial charge in [-0.15, -0.1) is 0 Å². The highest BCUT2D eigenvalue weighted by Crippen LogP contribution is 2.37. The first-order valence-corrected chi connectivity index (χ1v) is 11.4. The Hall–Kier alpha value is -1.16. The van der Waals surface area contributed by atoms with Gasteiger partial charge in [0.2, 0.25) is 0 Å². The number of aryl methyl sites for hydroxylation is 1. The van der Waals surface area contributed by atoms with Gasteiger partial charge in [0, 0.05) is 6.61 Å². The molecule has 126 valence electrons. The third-order valence-electron chi connectivity index (χ3n) is 5.00. The summed E-state index contributed by atoms with van der Waals surface area (Å²) < 4.78 is 6.32. The Morgan fingerprint density at radius 3 is 2.09 bits per heavy atom. The van der Waals surface area contributed by atoms with E-state index in [9.17, 15) is 0 Å². The lowest BCUT2D eigenvalue weighted by molar-refractivity contribution is 0.276. The first kappa shape index (κ1) is 18.2. The normalized spacial score (nSPS) is 12.8. The number of hydrogen-bond donors (Lipinski definition) is 1. The summed E-state index contributed by atoms with van der Waals surface area (Å²) in [6, 6.07) is 13.2. The molecule has 0 aliphatic rings. The van der Waals surface area contributed by atoms with Gasteiger partial charge in [-0.25, -0.2) is 0 Å². The van der Waals surface area contributed by atoms with Crippen LogP contribution in [0.3, 0.4) is 0 Å². The van der Waals surface area contributed by atoms with E-state index in [0.717, 1.165) is 12.8 Å². The average molecular weight is 331 g/mol. The van der Waals surface area contributed by atoms with Crippen LogP contribution in [0.4, 0.5) is 0 Å². The van der Waals surface area contributed by atoms with E-state index in [1.165, 1.54) is 21.9 Å². The van der Waals surface area contributed by atoms with Crippen molar-refractivity contribution in [1.82, 2.24) is 0 Å². The highest BCUT2D eigenvalue weighted by atomic mass is 28.4. The van der Waals surface area contributed by atoms with Crippen LogP contribution in [0.5, 0.6) is 0 Å². The van der Waals surface area contributed by atoms with Crippen LogP contribution in [0.25, 0.3) is 10.8 Å². The maximum atomic E-state index is 8.95. The summed E-state index contributed by atoms with van der Waals surface area (Å²) in [5.74, 6) is 0. The van der Waals surface area contributed by atoms with E-state index in [4.69, 9.17) is 9.53 Å². The molecule has 0 unspecified atom stereocenters. The maximum absolute atomic E-state index is 8.95. The fourth-order valence-corrected chi connectivity index (χ4v) is 3.31.